The summed E-state index contributed by atoms with van der Waals surface area (Å²) in [6.07, 6.45) is 3.64. The summed E-state index contributed by atoms with van der Waals surface area (Å²) in [7, 11) is 0. The highest BCUT2D eigenvalue weighted by Crippen LogP contribution is 2.39. The Balaban J connectivity index is 1.75. The van der Waals surface area contributed by atoms with Gasteiger partial charge in [-0.2, -0.15) is 0 Å². The van der Waals surface area contributed by atoms with E-state index in [2.05, 4.69) is 5.32 Å². The number of ether oxygens (including phenoxy) is 2. The molecule has 8 heteroatoms. The van der Waals surface area contributed by atoms with Crippen molar-refractivity contribution in [1.29, 1.82) is 0 Å². The van der Waals surface area contributed by atoms with E-state index in [1.165, 1.54) is 4.90 Å². The fourth-order valence-electron chi connectivity index (χ4n) is 4.86. The summed E-state index contributed by atoms with van der Waals surface area (Å²) in [5.74, 6) is -1.71. The fraction of sp³-hybridized carbons (Fsp3) is 0.625. The second-order valence-corrected chi connectivity index (χ2v) is 8.70. The van der Waals surface area contributed by atoms with Gasteiger partial charge in [0.1, 0.15) is 12.1 Å². The van der Waals surface area contributed by atoms with Crippen LogP contribution in [-0.2, 0) is 30.3 Å². The summed E-state index contributed by atoms with van der Waals surface area (Å²) in [6, 6.07) is 7.52. The van der Waals surface area contributed by atoms with E-state index in [-0.39, 0.29) is 12.5 Å². The topological polar surface area (TPSA) is 105 Å². The molecule has 3 rings (SSSR count). The van der Waals surface area contributed by atoms with Crippen molar-refractivity contribution < 1.29 is 29.0 Å². The molecule has 1 spiro atoms. The number of hydrogen-bond donors (Lipinski definition) is 2. The maximum Gasteiger partial charge on any atom is 0.326 e. The summed E-state index contributed by atoms with van der Waals surface area (Å²) in [5, 5.41) is 12.9. The van der Waals surface area contributed by atoms with E-state index in [4.69, 9.17) is 9.47 Å². The third-order valence-electron chi connectivity index (χ3n) is 6.50. The number of hydrogen-bond acceptors (Lipinski definition) is 6. The first-order chi connectivity index (χ1) is 15.4. The van der Waals surface area contributed by atoms with Gasteiger partial charge in [-0.05, 0) is 57.9 Å². The van der Waals surface area contributed by atoms with Crippen LogP contribution in [0.1, 0.15) is 51.5 Å². The molecule has 0 saturated carbocycles. The first-order valence-corrected chi connectivity index (χ1v) is 11.5. The van der Waals surface area contributed by atoms with Gasteiger partial charge in [0, 0.05) is 6.61 Å². The number of carboxylic acids is 1. The molecule has 2 saturated heterocycles. The molecule has 4 atom stereocenters. The lowest BCUT2D eigenvalue weighted by Crippen LogP contribution is -2.65. The Hall–Kier alpha value is -2.45. The zero-order chi connectivity index (χ0) is 23.1. The molecule has 8 nitrogen and oxygen atoms in total. The van der Waals surface area contributed by atoms with Crippen LogP contribution >= 0.6 is 0 Å². The van der Waals surface area contributed by atoms with Gasteiger partial charge >= 0.3 is 11.9 Å². The normalized spacial score (nSPS) is 24.8. The van der Waals surface area contributed by atoms with E-state index in [0.29, 0.717) is 38.9 Å². The molecular weight excluding hydrogens is 412 g/mol. The average Bonchev–Trinajstić information content (AvgIpc) is 3.25. The van der Waals surface area contributed by atoms with Crippen molar-refractivity contribution in [2.75, 3.05) is 19.8 Å². The number of aliphatic carboxylic acids is 1. The van der Waals surface area contributed by atoms with Gasteiger partial charge in [-0.15, -0.1) is 0 Å². The maximum atomic E-state index is 13.6. The van der Waals surface area contributed by atoms with E-state index in [1.54, 1.807) is 13.8 Å². The number of nitrogens with zero attached hydrogens (tertiary/aromatic N) is 1. The van der Waals surface area contributed by atoms with Crippen LogP contribution in [0.25, 0.3) is 0 Å². The van der Waals surface area contributed by atoms with Crippen molar-refractivity contribution in [3.63, 3.8) is 0 Å². The SMILES string of the molecule is CCOC(=O)C(CCc1ccccc1)N[C@@H](C)C(=O)N1[C@H](C(=O)O)CCCC12CCOC2. The van der Waals surface area contributed by atoms with Gasteiger partial charge in [-0.3, -0.25) is 14.9 Å². The Labute approximate surface area is 189 Å². The van der Waals surface area contributed by atoms with Crippen LogP contribution < -0.4 is 5.32 Å². The first kappa shape index (κ1) is 24.2. The summed E-state index contributed by atoms with van der Waals surface area (Å²) in [5.41, 5.74) is 0.504. The maximum absolute atomic E-state index is 13.6. The molecule has 2 N–H and O–H groups in total. The number of piperidine rings is 1. The molecule has 0 bridgehead atoms. The predicted octanol–water partition coefficient (Wildman–Crippen LogP) is 2.15. The summed E-state index contributed by atoms with van der Waals surface area (Å²) < 4.78 is 10.8. The van der Waals surface area contributed by atoms with Crippen molar-refractivity contribution >= 4 is 17.8 Å². The predicted molar refractivity (Wildman–Crippen MR) is 118 cm³/mol. The number of likely N-dealkylation sites (tertiary alicyclic amines) is 1. The third kappa shape index (κ3) is 5.48. The van der Waals surface area contributed by atoms with Gasteiger partial charge in [0.2, 0.25) is 5.91 Å². The highest BCUT2D eigenvalue weighted by molar-refractivity contribution is 5.88. The Morgan fingerprint density at radius 2 is 2.03 bits per heavy atom. The third-order valence-corrected chi connectivity index (χ3v) is 6.50. The van der Waals surface area contributed by atoms with Crippen molar-refractivity contribution in [3.05, 3.63) is 35.9 Å². The van der Waals surface area contributed by atoms with Crippen LogP contribution in [0.3, 0.4) is 0 Å². The Kier molecular flexibility index (Phi) is 8.26. The lowest BCUT2D eigenvalue weighted by molar-refractivity contribution is -0.162. The molecule has 1 aromatic carbocycles. The molecule has 32 heavy (non-hydrogen) atoms. The van der Waals surface area contributed by atoms with E-state index in [1.807, 2.05) is 30.3 Å². The average molecular weight is 447 g/mol. The number of nitrogens with one attached hydrogen (secondary N) is 1. The van der Waals surface area contributed by atoms with Crippen molar-refractivity contribution in [2.24, 2.45) is 0 Å². The molecule has 0 radical (unpaired) electrons. The highest BCUT2D eigenvalue weighted by atomic mass is 16.5. The number of carbonyl (C=O) groups is 3. The van der Waals surface area contributed by atoms with Gasteiger partial charge in [0.25, 0.3) is 0 Å². The number of amides is 1. The number of carboxylic acid groups (broad SMARTS) is 1. The van der Waals surface area contributed by atoms with Crippen LogP contribution in [0, 0.1) is 0 Å². The second-order valence-electron chi connectivity index (χ2n) is 8.70. The van der Waals surface area contributed by atoms with Crippen LogP contribution in [0.2, 0.25) is 0 Å². The number of carbonyl (C=O) groups excluding carboxylic acids is 2. The summed E-state index contributed by atoms with van der Waals surface area (Å²) >= 11 is 0. The number of rotatable bonds is 9. The zero-order valence-electron chi connectivity index (χ0n) is 18.9. The molecule has 2 aliphatic heterocycles. The second kappa shape index (κ2) is 10.9. The van der Waals surface area contributed by atoms with Crippen LogP contribution in [0.15, 0.2) is 30.3 Å². The molecule has 2 heterocycles. The Bertz CT molecular complexity index is 793. The smallest absolute Gasteiger partial charge is 0.326 e. The molecule has 176 valence electrons. The highest BCUT2D eigenvalue weighted by Gasteiger charge is 2.51. The van der Waals surface area contributed by atoms with Crippen LogP contribution in [-0.4, -0.2) is 71.3 Å². The largest absolute Gasteiger partial charge is 0.480 e. The number of esters is 1. The summed E-state index contributed by atoms with van der Waals surface area (Å²) in [6.45, 7) is 4.55. The van der Waals surface area contributed by atoms with E-state index in [9.17, 15) is 19.5 Å². The minimum atomic E-state index is -0.998. The molecule has 0 aromatic heterocycles. The minimum Gasteiger partial charge on any atom is -0.480 e. The molecule has 2 aliphatic rings. The number of aryl methyl sites for hydroxylation is 1. The molecule has 1 aromatic rings. The van der Waals surface area contributed by atoms with E-state index < -0.39 is 35.6 Å². The monoisotopic (exact) mass is 446 g/mol. The molecular formula is C24H34N2O6. The molecule has 2 fully saturated rings. The zero-order valence-corrected chi connectivity index (χ0v) is 18.9. The fourth-order valence-corrected chi connectivity index (χ4v) is 4.86. The van der Waals surface area contributed by atoms with Gasteiger partial charge in [-0.1, -0.05) is 30.3 Å². The van der Waals surface area contributed by atoms with Crippen LogP contribution in [0.5, 0.6) is 0 Å². The van der Waals surface area contributed by atoms with Crippen molar-refractivity contribution in [1.82, 2.24) is 10.2 Å². The lowest BCUT2D eigenvalue weighted by Gasteiger charge is -2.48. The van der Waals surface area contributed by atoms with Gasteiger partial charge in [0.15, 0.2) is 0 Å². The van der Waals surface area contributed by atoms with E-state index in [0.717, 1.165) is 18.4 Å². The van der Waals surface area contributed by atoms with Crippen molar-refractivity contribution in [2.45, 2.75) is 76.0 Å². The Morgan fingerprint density at radius 1 is 1.28 bits per heavy atom. The Morgan fingerprint density at radius 3 is 2.66 bits per heavy atom. The van der Waals surface area contributed by atoms with Gasteiger partial charge in [0.05, 0.1) is 24.8 Å². The standard InChI is InChI=1S/C24H34N2O6/c1-3-32-23(30)19(12-11-18-8-5-4-6-9-18)25-17(2)21(27)26-20(22(28)29)10-7-13-24(26)14-15-31-16-24/h4-6,8-9,17,19-20,25H,3,7,10-16H2,1-2H3,(H,28,29)/t17-,19?,20-,24?/m0/s1. The van der Waals surface area contributed by atoms with E-state index >= 15 is 0 Å². The summed E-state index contributed by atoms with van der Waals surface area (Å²) in [4.78, 5) is 39.7. The van der Waals surface area contributed by atoms with Gasteiger partial charge < -0.3 is 19.5 Å². The van der Waals surface area contributed by atoms with Gasteiger partial charge in [-0.25, -0.2) is 4.79 Å². The quantitative estimate of drug-likeness (QED) is 0.560. The molecule has 1 amide bonds. The minimum absolute atomic E-state index is 0.248. The number of benzene rings is 1. The molecule has 2 unspecified atom stereocenters. The lowest BCUT2D eigenvalue weighted by atomic mass is 9.82. The van der Waals surface area contributed by atoms with Crippen LogP contribution in [0.4, 0.5) is 0 Å². The molecule has 0 aliphatic carbocycles. The first-order valence-electron chi connectivity index (χ1n) is 11.5. The van der Waals surface area contributed by atoms with Crippen molar-refractivity contribution in [3.8, 4) is 0 Å².